The van der Waals surface area contributed by atoms with E-state index in [9.17, 15) is 9.90 Å². The Bertz CT molecular complexity index is 611. The Morgan fingerprint density at radius 1 is 1.22 bits per heavy atom. The summed E-state index contributed by atoms with van der Waals surface area (Å²) in [6, 6.07) is 9.26. The maximum absolute atomic E-state index is 11.2. The van der Waals surface area contributed by atoms with Crippen molar-refractivity contribution < 1.29 is 14.6 Å². The van der Waals surface area contributed by atoms with Crippen LogP contribution in [0.1, 0.15) is 16.1 Å². The van der Waals surface area contributed by atoms with Crippen LogP contribution in [-0.2, 0) is 6.42 Å². The maximum Gasteiger partial charge on any atom is 0.355 e. The largest absolute Gasteiger partial charge is 0.477 e. The maximum atomic E-state index is 11.2. The third-order valence-corrected chi connectivity index (χ3v) is 2.79. The summed E-state index contributed by atoms with van der Waals surface area (Å²) >= 11 is 0. The Balaban J connectivity index is 2.18. The molecule has 1 aliphatic rings. The molecule has 18 heavy (non-hydrogen) atoms. The van der Waals surface area contributed by atoms with Crippen molar-refractivity contribution in [3.8, 4) is 17.3 Å². The Hall–Kier alpha value is -2.43. The van der Waals surface area contributed by atoms with Crippen LogP contribution >= 0.6 is 0 Å². The van der Waals surface area contributed by atoms with Gasteiger partial charge in [-0.25, -0.2) is 9.78 Å². The summed E-state index contributed by atoms with van der Waals surface area (Å²) in [7, 11) is 0. The van der Waals surface area contributed by atoms with Crippen molar-refractivity contribution in [3.05, 3.63) is 41.6 Å². The van der Waals surface area contributed by atoms with Gasteiger partial charge in [0, 0.05) is 12.0 Å². The van der Waals surface area contributed by atoms with Crippen LogP contribution in [0.15, 0.2) is 30.3 Å². The molecule has 1 N–H and O–H groups in total. The van der Waals surface area contributed by atoms with Crippen LogP contribution in [-0.4, -0.2) is 27.7 Å². The SMILES string of the molecule is O=C(O)c1nc(-c2ccccc2)nc2c1CCO2. The van der Waals surface area contributed by atoms with E-state index in [0.717, 1.165) is 5.56 Å². The molecule has 2 aromatic rings. The highest BCUT2D eigenvalue weighted by Crippen LogP contribution is 2.28. The van der Waals surface area contributed by atoms with Crippen LogP contribution in [0, 0.1) is 0 Å². The number of aromatic carboxylic acids is 1. The molecule has 0 spiro atoms. The topological polar surface area (TPSA) is 72.3 Å². The number of hydrogen-bond donors (Lipinski definition) is 1. The molecule has 1 aromatic carbocycles. The molecule has 5 heteroatoms. The van der Waals surface area contributed by atoms with E-state index in [1.807, 2.05) is 30.3 Å². The van der Waals surface area contributed by atoms with Crippen LogP contribution in [0.3, 0.4) is 0 Å². The number of carboxylic acid groups (broad SMARTS) is 1. The summed E-state index contributed by atoms with van der Waals surface area (Å²) < 4.78 is 5.34. The zero-order valence-electron chi connectivity index (χ0n) is 9.46. The van der Waals surface area contributed by atoms with Crippen molar-refractivity contribution >= 4 is 5.97 Å². The second-order valence-corrected chi connectivity index (χ2v) is 3.95. The molecule has 0 atom stereocenters. The predicted octanol–water partition coefficient (Wildman–Crippen LogP) is 1.78. The van der Waals surface area contributed by atoms with E-state index >= 15 is 0 Å². The van der Waals surface area contributed by atoms with E-state index in [1.54, 1.807) is 0 Å². The molecule has 0 saturated carbocycles. The highest BCUT2D eigenvalue weighted by molar-refractivity contribution is 5.88. The molecule has 0 unspecified atom stereocenters. The van der Waals surface area contributed by atoms with E-state index in [0.29, 0.717) is 30.3 Å². The number of rotatable bonds is 2. The first-order valence-corrected chi connectivity index (χ1v) is 5.58. The second kappa shape index (κ2) is 4.10. The highest BCUT2D eigenvalue weighted by Gasteiger charge is 2.24. The summed E-state index contributed by atoms with van der Waals surface area (Å²) in [5.74, 6) is -0.272. The third kappa shape index (κ3) is 1.69. The molecular weight excluding hydrogens is 232 g/mol. The Morgan fingerprint density at radius 2 is 2.00 bits per heavy atom. The van der Waals surface area contributed by atoms with Gasteiger partial charge in [-0.15, -0.1) is 0 Å². The molecule has 0 saturated heterocycles. The molecule has 0 bridgehead atoms. The number of nitrogens with zero attached hydrogens (tertiary/aromatic N) is 2. The van der Waals surface area contributed by atoms with Gasteiger partial charge < -0.3 is 9.84 Å². The molecule has 3 rings (SSSR count). The molecule has 0 fully saturated rings. The van der Waals surface area contributed by atoms with Crippen LogP contribution in [0.5, 0.6) is 5.88 Å². The predicted molar refractivity (Wildman–Crippen MR) is 63.6 cm³/mol. The lowest BCUT2D eigenvalue weighted by Crippen LogP contribution is -2.07. The normalized spacial score (nSPS) is 12.9. The van der Waals surface area contributed by atoms with E-state index < -0.39 is 5.97 Å². The lowest BCUT2D eigenvalue weighted by Gasteiger charge is -2.05. The molecule has 90 valence electrons. The Morgan fingerprint density at radius 3 is 2.72 bits per heavy atom. The molecule has 1 aromatic heterocycles. The zero-order valence-corrected chi connectivity index (χ0v) is 9.46. The van der Waals surface area contributed by atoms with Crippen molar-refractivity contribution in [2.45, 2.75) is 6.42 Å². The van der Waals surface area contributed by atoms with Crippen molar-refractivity contribution in [2.75, 3.05) is 6.61 Å². The quantitative estimate of drug-likeness (QED) is 0.868. The first-order chi connectivity index (χ1) is 8.75. The summed E-state index contributed by atoms with van der Waals surface area (Å²) in [5, 5.41) is 9.17. The van der Waals surface area contributed by atoms with Crippen LogP contribution in [0.25, 0.3) is 11.4 Å². The Labute approximate surface area is 103 Å². The molecule has 2 heterocycles. The number of aromatic nitrogens is 2. The molecule has 5 nitrogen and oxygen atoms in total. The number of ether oxygens (including phenoxy) is 1. The van der Waals surface area contributed by atoms with Crippen molar-refractivity contribution in [2.24, 2.45) is 0 Å². The van der Waals surface area contributed by atoms with Crippen LogP contribution in [0.2, 0.25) is 0 Å². The van der Waals surface area contributed by atoms with Gasteiger partial charge in [0.15, 0.2) is 11.5 Å². The summed E-state index contributed by atoms with van der Waals surface area (Å²) in [6.45, 7) is 0.461. The Kier molecular flexibility index (Phi) is 2.44. The smallest absolute Gasteiger partial charge is 0.355 e. The summed E-state index contributed by atoms with van der Waals surface area (Å²) in [4.78, 5) is 19.6. The third-order valence-electron chi connectivity index (χ3n) is 2.79. The fraction of sp³-hybridized carbons (Fsp3) is 0.154. The van der Waals surface area contributed by atoms with Crippen molar-refractivity contribution in [1.82, 2.24) is 9.97 Å². The monoisotopic (exact) mass is 242 g/mol. The highest BCUT2D eigenvalue weighted by atomic mass is 16.5. The molecule has 0 amide bonds. The molecule has 0 aliphatic carbocycles. The standard InChI is InChI=1S/C13H10N2O3/c16-13(17)10-9-6-7-18-12(9)15-11(14-10)8-4-2-1-3-5-8/h1-5H,6-7H2,(H,16,17). The molecule has 1 aliphatic heterocycles. The zero-order chi connectivity index (χ0) is 12.5. The van der Waals surface area contributed by atoms with Gasteiger partial charge in [-0.05, 0) is 0 Å². The van der Waals surface area contributed by atoms with Gasteiger partial charge in [0.25, 0.3) is 0 Å². The first-order valence-electron chi connectivity index (χ1n) is 5.58. The van der Waals surface area contributed by atoms with Crippen molar-refractivity contribution in [1.29, 1.82) is 0 Å². The minimum Gasteiger partial charge on any atom is -0.477 e. The minimum absolute atomic E-state index is 0.0383. The first kappa shape index (κ1) is 10.7. The summed E-state index contributed by atoms with van der Waals surface area (Å²) in [5.41, 5.74) is 1.40. The number of carboxylic acids is 1. The number of fused-ring (bicyclic) bond motifs is 1. The van der Waals surface area contributed by atoms with Gasteiger partial charge in [-0.2, -0.15) is 4.98 Å². The average Bonchev–Trinajstić information content (AvgIpc) is 2.86. The van der Waals surface area contributed by atoms with Gasteiger partial charge in [0.1, 0.15) is 0 Å². The summed E-state index contributed by atoms with van der Waals surface area (Å²) in [6.07, 6.45) is 0.548. The lowest BCUT2D eigenvalue weighted by molar-refractivity contribution is 0.0689. The van der Waals surface area contributed by atoms with E-state index in [1.165, 1.54) is 0 Å². The van der Waals surface area contributed by atoms with Gasteiger partial charge in [0.05, 0.1) is 12.2 Å². The van der Waals surface area contributed by atoms with Gasteiger partial charge in [-0.1, -0.05) is 30.3 Å². The van der Waals surface area contributed by atoms with E-state index in [-0.39, 0.29) is 5.69 Å². The van der Waals surface area contributed by atoms with Gasteiger partial charge >= 0.3 is 5.97 Å². The molecular formula is C13H10N2O3. The fourth-order valence-corrected chi connectivity index (χ4v) is 1.95. The van der Waals surface area contributed by atoms with Crippen molar-refractivity contribution in [3.63, 3.8) is 0 Å². The average molecular weight is 242 g/mol. The van der Waals surface area contributed by atoms with Crippen LogP contribution in [0.4, 0.5) is 0 Å². The fourth-order valence-electron chi connectivity index (χ4n) is 1.95. The number of carbonyl (C=O) groups is 1. The number of hydrogen-bond acceptors (Lipinski definition) is 4. The number of benzene rings is 1. The molecule has 0 radical (unpaired) electrons. The van der Waals surface area contributed by atoms with Gasteiger partial charge in [-0.3, -0.25) is 0 Å². The van der Waals surface area contributed by atoms with E-state index in [4.69, 9.17) is 4.74 Å². The lowest BCUT2D eigenvalue weighted by atomic mass is 10.1. The minimum atomic E-state index is -1.05. The van der Waals surface area contributed by atoms with E-state index in [2.05, 4.69) is 9.97 Å². The van der Waals surface area contributed by atoms with Gasteiger partial charge in [0.2, 0.25) is 5.88 Å². The van der Waals surface area contributed by atoms with Crippen LogP contribution < -0.4 is 4.74 Å². The second-order valence-electron chi connectivity index (χ2n) is 3.95.